The first-order valence-electron chi connectivity index (χ1n) is 10.8. The number of hydrogen-bond acceptors (Lipinski definition) is 4. The van der Waals surface area contributed by atoms with Crippen LogP contribution in [-0.2, 0) is 6.42 Å². The van der Waals surface area contributed by atoms with Crippen LogP contribution in [0.2, 0.25) is 0 Å². The molecule has 168 valence electrons. The molecule has 0 saturated heterocycles. The first-order valence-corrected chi connectivity index (χ1v) is 15.0. The molecule has 0 radical (unpaired) electrons. The van der Waals surface area contributed by atoms with Crippen LogP contribution < -0.4 is 9.82 Å². The molecule has 33 heavy (non-hydrogen) atoms. The Labute approximate surface area is 209 Å². The molecule has 0 spiro atoms. The number of hydrogen-bond donors (Lipinski definition) is 2. The Morgan fingerprint density at radius 2 is 1.91 bits per heavy atom. The third kappa shape index (κ3) is 4.90. The van der Waals surface area contributed by atoms with Gasteiger partial charge in [0.1, 0.15) is 12.0 Å². The number of benzene rings is 3. The van der Waals surface area contributed by atoms with Gasteiger partial charge < -0.3 is 9.82 Å². The molecule has 4 nitrogen and oxygen atoms in total. The van der Waals surface area contributed by atoms with E-state index in [9.17, 15) is 10.2 Å². The van der Waals surface area contributed by atoms with Gasteiger partial charge in [-0.15, -0.1) is 0 Å². The average Bonchev–Trinajstić information content (AvgIpc) is 3.03. The molecular formula is C27H26IN2O2P. The maximum atomic E-state index is 11.4. The maximum Gasteiger partial charge on any atom is 0.150 e. The molecule has 3 aromatic carbocycles. The van der Waals surface area contributed by atoms with E-state index in [1.54, 1.807) is 13.2 Å². The molecule has 1 aliphatic rings. The highest BCUT2D eigenvalue weighted by Gasteiger charge is 2.25. The van der Waals surface area contributed by atoms with E-state index >= 15 is 0 Å². The molecule has 6 heteroatoms. The number of aryl methyl sites for hydroxylation is 2. The second-order valence-electron chi connectivity index (χ2n) is 8.06. The Morgan fingerprint density at radius 3 is 2.64 bits per heavy atom. The molecule has 3 aromatic rings. The van der Waals surface area contributed by atoms with E-state index in [0.717, 1.165) is 53.7 Å². The van der Waals surface area contributed by atoms with Gasteiger partial charge in [-0.05, 0) is 94.3 Å². The van der Waals surface area contributed by atoms with E-state index in [1.165, 1.54) is 22.3 Å². The average molecular weight is 568 g/mol. The number of ether oxygens (including phenoxy) is 1. The molecule has 4 rings (SSSR count). The van der Waals surface area contributed by atoms with Crippen LogP contribution in [0, 0.1) is 12.3 Å². The van der Waals surface area contributed by atoms with Crippen LogP contribution in [0.1, 0.15) is 51.0 Å². The van der Waals surface area contributed by atoms with Crippen molar-refractivity contribution in [1.29, 1.82) is 5.41 Å². The number of rotatable bonds is 7. The lowest BCUT2D eigenvalue weighted by Gasteiger charge is -2.20. The second kappa shape index (κ2) is 10.6. The number of anilines is 1. The van der Waals surface area contributed by atoms with Crippen molar-refractivity contribution >= 4 is 57.2 Å². The molecule has 0 saturated carbocycles. The lowest BCUT2D eigenvalue weighted by Crippen LogP contribution is -2.09. The van der Waals surface area contributed by atoms with Gasteiger partial charge in [0.15, 0.2) is 0 Å². The van der Waals surface area contributed by atoms with Gasteiger partial charge in [0.2, 0.25) is 0 Å². The Kier molecular flexibility index (Phi) is 7.61. The number of aldehydes is 1. The van der Waals surface area contributed by atoms with Gasteiger partial charge >= 0.3 is 0 Å². The standard InChI is InChI=1S/C27H26IN2O2P/c1-17-6-3-4-8-21(17)23-9-5-7-19-15-20(32-2)11-13-22(19)26(23)27(29)24-12-10-18(16-31)14-25(24)30-33-28/h3-4,6,8,10-16,29-30,33H,5,7,9H2,1-2H3. The van der Waals surface area contributed by atoms with Crippen molar-refractivity contribution in [2.24, 2.45) is 0 Å². The van der Waals surface area contributed by atoms with Crippen molar-refractivity contribution in [1.82, 2.24) is 0 Å². The summed E-state index contributed by atoms with van der Waals surface area (Å²) < 4.78 is 5.50. The van der Waals surface area contributed by atoms with Crippen LogP contribution in [0.25, 0.3) is 11.1 Å². The van der Waals surface area contributed by atoms with E-state index in [4.69, 9.17) is 4.74 Å². The highest BCUT2D eigenvalue weighted by Crippen LogP contribution is 2.41. The second-order valence-corrected chi connectivity index (χ2v) is 10.1. The number of nitrogens with one attached hydrogen (secondary N) is 2. The van der Waals surface area contributed by atoms with Crippen LogP contribution in [0.5, 0.6) is 5.75 Å². The molecule has 0 aliphatic heterocycles. The smallest absolute Gasteiger partial charge is 0.150 e. The topological polar surface area (TPSA) is 62.2 Å². The van der Waals surface area contributed by atoms with Gasteiger partial charge in [-0.1, -0.05) is 42.5 Å². The van der Waals surface area contributed by atoms with Crippen molar-refractivity contribution in [3.8, 4) is 5.75 Å². The molecule has 1 unspecified atom stereocenters. The van der Waals surface area contributed by atoms with Crippen molar-refractivity contribution in [2.45, 2.75) is 26.2 Å². The fraction of sp³-hybridized carbons (Fsp3) is 0.185. The number of allylic oxidation sites excluding steroid dienone is 2. The summed E-state index contributed by atoms with van der Waals surface area (Å²) >= 11 is 2.27. The van der Waals surface area contributed by atoms with Crippen LogP contribution in [0.4, 0.5) is 5.69 Å². The number of carbonyl (C=O) groups is 1. The summed E-state index contributed by atoms with van der Waals surface area (Å²) in [4.78, 5) is 11.4. The Balaban J connectivity index is 1.99. The van der Waals surface area contributed by atoms with Crippen molar-refractivity contribution in [2.75, 3.05) is 12.2 Å². The first kappa shape index (κ1) is 23.7. The summed E-state index contributed by atoms with van der Waals surface area (Å²) in [7, 11) is 1.69. The van der Waals surface area contributed by atoms with E-state index < -0.39 is 0 Å². The van der Waals surface area contributed by atoms with Crippen LogP contribution >= 0.6 is 28.4 Å². The lowest BCUT2D eigenvalue weighted by atomic mass is 9.85. The van der Waals surface area contributed by atoms with Crippen LogP contribution in [0.15, 0.2) is 60.7 Å². The minimum atomic E-state index is 0.431. The monoisotopic (exact) mass is 568 g/mol. The minimum Gasteiger partial charge on any atom is -0.497 e. The Hall–Kier alpha value is -2.50. The summed E-state index contributed by atoms with van der Waals surface area (Å²) in [6.07, 6.45) is 4.11. The van der Waals surface area contributed by atoms with Crippen molar-refractivity contribution in [3.63, 3.8) is 0 Å². The molecule has 1 atom stereocenters. The summed E-state index contributed by atoms with van der Waals surface area (Å²) in [5.41, 5.74) is 9.52. The van der Waals surface area contributed by atoms with Crippen molar-refractivity contribution in [3.05, 3.63) is 94.0 Å². The highest BCUT2D eigenvalue weighted by molar-refractivity contribution is 14.2. The lowest BCUT2D eigenvalue weighted by molar-refractivity contribution is 0.112. The fourth-order valence-corrected chi connectivity index (χ4v) is 5.68. The zero-order chi connectivity index (χ0) is 23.4. The van der Waals surface area contributed by atoms with Crippen molar-refractivity contribution < 1.29 is 9.53 Å². The number of halogens is 1. The number of methoxy groups -OCH3 is 1. The molecule has 2 N–H and O–H groups in total. The Bertz CT molecular complexity index is 1250. The predicted octanol–water partition coefficient (Wildman–Crippen LogP) is 7.49. The predicted molar refractivity (Wildman–Crippen MR) is 149 cm³/mol. The molecular weight excluding hydrogens is 542 g/mol. The van der Waals surface area contributed by atoms with Gasteiger partial charge in [-0.2, -0.15) is 0 Å². The summed E-state index contributed by atoms with van der Waals surface area (Å²) in [6, 6.07) is 20.1. The Morgan fingerprint density at radius 1 is 1.09 bits per heavy atom. The van der Waals surface area contributed by atoms with Crippen LogP contribution in [-0.4, -0.2) is 19.1 Å². The molecule has 1 aliphatic carbocycles. The number of carbonyl (C=O) groups excluding carboxylic acids is 1. The van der Waals surface area contributed by atoms with E-state index in [-0.39, 0.29) is 0 Å². The minimum absolute atomic E-state index is 0.431. The summed E-state index contributed by atoms with van der Waals surface area (Å²) in [5, 5.41) is 12.8. The van der Waals surface area contributed by atoms with Crippen LogP contribution in [0.3, 0.4) is 0 Å². The van der Waals surface area contributed by atoms with E-state index in [2.05, 4.69) is 70.5 Å². The summed E-state index contributed by atoms with van der Waals surface area (Å²) in [6.45, 7) is 2.13. The third-order valence-corrected chi connectivity index (χ3v) is 7.28. The quantitative estimate of drug-likeness (QED) is 0.134. The largest absolute Gasteiger partial charge is 0.497 e. The third-order valence-electron chi connectivity index (χ3n) is 6.11. The molecule has 0 bridgehead atoms. The summed E-state index contributed by atoms with van der Waals surface area (Å²) in [5.74, 6) is 0.836. The molecule has 0 heterocycles. The maximum absolute atomic E-state index is 11.4. The first-order chi connectivity index (χ1) is 16.1. The highest BCUT2D eigenvalue weighted by atomic mass is 127. The van der Waals surface area contributed by atoms with Gasteiger partial charge in [0, 0.05) is 28.8 Å². The van der Waals surface area contributed by atoms with Gasteiger partial charge in [0.05, 0.1) is 12.8 Å². The zero-order valence-corrected chi connectivity index (χ0v) is 21.8. The number of fused-ring (bicyclic) bond motifs is 1. The molecule has 0 amide bonds. The molecule has 0 fully saturated rings. The van der Waals surface area contributed by atoms with Gasteiger partial charge in [-0.25, -0.2) is 0 Å². The van der Waals surface area contributed by atoms with E-state index in [0.29, 0.717) is 17.6 Å². The molecule has 0 aromatic heterocycles. The normalized spacial score (nSPS) is 13.5. The van der Waals surface area contributed by atoms with Gasteiger partial charge in [0.25, 0.3) is 0 Å². The zero-order valence-electron chi connectivity index (χ0n) is 18.7. The van der Waals surface area contributed by atoms with E-state index in [1.807, 2.05) is 18.2 Å². The SMILES string of the molecule is COc1ccc2c(c1)CCCC(c1ccccc1C)=C2C(=N)c1ccc(C=O)cc1NPI. The van der Waals surface area contributed by atoms with Gasteiger partial charge in [-0.3, -0.25) is 10.2 Å². The fourth-order valence-electron chi connectivity index (χ4n) is 4.50.